The number of likely N-dealkylation sites (tertiary alicyclic amines) is 1. The van der Waals surface area contributed by atoms with Crippen molar-refractivity contribution in [2.24, 2.45) is 0 Å². The van der Waals surface area contributed by atoms with Gasteiger partial charge in [0.15, 0.2) is 5.82 Å². The first-order valence-corrected chi connectivity index (χ1v) is 9.37. The minimum Gasteiger partial charge on any atom is -0.334 e. The van der Waals surface area contributed by atoms with Crippen LogP contribution in [0.25, 0.3) is 11.4 Å². The van der Waals surface area contributed by atoms with E-state index in [0.717, 1.165) is 42.8 Å². The zero-order valence-corrected chi connectivity index (χ0v) is 15.1. The molecule has 1 fully saturated rings. The number of carbonyl (C=O) groups excluding carboxylic acids is 1. The Morgan fingerprint density at radius 1 is 1.07 bits per heavy atom. The summed E-state index contributed by atoms with van der Waals surface area (Å²) in [6.07, 6.45) is 2.98. The molecule has 1 unspecified atom stereocenters. The Morgan fingerprint density at radius 3 is 2.59 bits per heavy atom. The number of carbonyl (C=O) groups is 1. The van der Waals surface area contributed by atoms with Crippen LogP contribution < -0.4 is 5.32 Å². The summed E-state index contributed by atoms with van der Waals surface area (Å²) in [5.41, 5.74) is 2.06. The van der Waals surface area contributed by atoms with Gasteiger partial charge in [0.25, 0.3) is 0 Å². The molecule has 1 aliphatic rings. The molecule has 6 nitrogen and oxygen atoms in total. The van der Waals surface area contributed by atoms with E-state index in [4.69, 9.17) is 0 Å². The molecular formula is C21H23N5O. The minimum absolute atomic E-state index is 0.0544. The molecule has 0 spiro atoms. The van der Waals surface area contributed by atoms with Gasteiger partial charge in [0.2, 0.25) is 0 Å². The monoisotopic (exact) mass is 361 g/mol. The number of nitrogens with one attached hydrogen (secondary N) is 2. The lowest BCUT2D eigenvalue weighted by atomic mass is 10.0. The quantitative estimate of drug-likeness (QED) is 0.740. The first kappa shape index (κ1) is 17.3. The van der Waals surface area contributed by atoms with E-state index in [-0.39, 0.29) is 12.1 Å². The van der Waals surface area contributed by atoms with Gasteiger partial charge in [0.05, 0.1) is 6.04 Å². The highest BCUT2D eigenvalue weighted by Crippen LogP contribution is 2.29. The second-order valence-electron chi connectivity index (χ2n) is 6.76. The lowest BCUT2D eigenvalue weighted by Gasteiger charge is -2.34. The summed E-state index contributed by atoms with van der Waals surface area (Å²) < 4.78 is 0. The summed E-state index contributed by atoms with van der Waals surface area (Å²) in [6.45, 7) is 1.25. The molecule has 2 amide bonds. The molecule has 1 aliphatic heterocycles. The number of hydrogen-bond donors (Lipinski definition) is 2. The highest BCUT2D eigenvalue weighted by Gasteiger charge is 2.30. The van der Waals surface area contributed by atoms with Gasteiger partial charge in [-0.2, -0.15) is 5.10 Å². The fourth-order valence-corrected chi connectivity index (χ4v) is 3.47. The maximum Gasteiger partial charge on any atom is 0.318 e. The molecule has 27 heavy (non-hydrogen) atoms. The molecule has 138 valence electrons. The fourth-order valence-electron chi connectivity index (χ4n) is 3.47. The van der Waals surface area contributed by atoms with Gasteiger partial charge in [-0.15, -0.1) is 0 Å². The van der Waals surface area contributed by atoms with E-state index in [0.29, 0.717) is 12.4 Å². The van der Waals surface area contributed by atoms with Crippen LogP contribution in [0.1, 0.15) is 36.7 Å². The molecule has 2 N–H and O–H groups in total. The number of H-pyrrole nitrogens is 1. The van der Waals surface area contributed by atoms with E-state index < -0.39 is 0 Å². The number of piperidine rings is 1. The Kier molecular flexibility index (Phi) is 5.14. The fraction of sp³-hybridized carbons (Fsp3) is 0.286. The number of rotatable bonds is 4. The molecule has 1 saturated heterocycles. The SMILES string of the molecule is O=C(NCc1ccccc1)N1CCCCC1c1nc(-c2ccccc2)n[nH]1. The number of urea groups is 1. The van der Waals surface area contributed by atoms with Crippen LogP contribution in [0.2, 0.25) is 0 Å². The van der Waals surface area contributed by atoms with Crippen molar-refractivity contribution in [3.05, 3.63) is 72.1 Å². The van der Waals surface area contributed by atoms with Gasteiger partial charge >= 0.3 is 6.03 Å². The predicted molar refractivity (Wildman–Crippen MR) is 104 cm³/mol. The van der Waals surface area contributed by atoms with Crippen molar-refractivity contribution in [2.75, 3.05) is 6.54 Å². The number of aromatic amines is 1. The molecule has 2 heterocycles. The van der Waals surface area contributed by atoms with Crippen LogP contribution in [0.4, 0.5) is 4.79 Å². The van der Waals surface area contributed by atoms with E-state index in [1.165, 1.54) is 0 Å². The summed E-state index contributed by atoms with van der Waals surface area (Å²) in [4.78, 5) is 19.3. The van der Waals surface area contributed by atoms with Gasteiger partial charge < -0.3 is 10.2 Å². The minimum atomic E-state index is -0.0699. The van der Waals surface area contributed by atoms with Crippen LogP contribution in [0.15, 0.2) is 60.7 Å². The van der Waals surface area contributed by atoms with Crippen molar-refractivity contribution < 1.29 is 4.79 Å². The number of benzene rings is 2. The van der Waals surface area contributed by atoms with Crippen molar-refractivity contribution in [1.82, 2.24) is 25.4 Å². The number of nitrogens with zero attached hydrogens (tertiary/aromatic N) is 3. The zero-order chi connectivity index (χ0) is 18.5. The molecule has 2 aromatic carbocycles. The van der Waals surface area contributed by atoms with E-state index in [1.807, 2.05) is 65.6 Å². The topological polar surface area (TPSA) is 73.9 Å². The zero-order valence-electron chi connectivity index (χ0n) is 15.1. The summed E-state index contributed by atoms with van der Waals surface area (Å²) in [5.74, 6) is 1.42. The van der Waals surface area contributed by atoms with Crippen molar-refractivity contribution >= 4 is 6.03 Å². The van der Waals surface area contributed by atoms with Crippen LogP contribution in [0.3, 0.4) is 0 Å². The highest BCUT2D eigenvalue weighted by atomic mass is 16.2. The molecule has 3 aromatic rings. The van der Waals surface area contributed by atoms with Crippen LogP contribution in [-0.2, 0) is 6.54 Å². The second kappa shape index (κ2) is 8.03. The Morgan fingerprint density at radius 2 is 1.81 bits per heavy atom. The number of aromatic nitrogens is 3. The maximum atomic E-state index is 12.8. The van der Waals surface area contributed by atoms with Crippen LogP contribution in [-0.4, -0.2) is 32.7 Å². The molecule has 1 aromatic heterocycles. The van der Waals surface area contributed by atoms with Gasteiger partial charge in [0.1, 0.15) is 5.82 Å². The molecule has 4 rings (SSSR count). The second-order valence-corrected chi connectivity index (χ2v) is 6.76. The summed E-state index contributed by atoms with van der Waals surface area (Å²) >= 11 is 0. The average Bonchev–Trinajstić information content (AvgIpc) is 3.23. The Hall–Kier alpha value is -3.15. The first-order valence-electron chi connectivity index (χ1n) is 9.37. The molecule has 6 heteroatoms. The van der Waals surface area contributed by atoms with Crippen molar-refractivity contribution in [2.45, 2.75) is 31.8 Å². The largest absolute Gasteiger partial charge is 0.334 e. The number of amides is 2. The van der Waals surface area contributed by atoms with Crippen molar-refractivity contribution in [1.29, 1.82) is 0 Å². The van der Waals surface area contributed by atoms with Crippen molar-refractivity contribution in [3.63, 3.8) is 0 Å². The molecular weight excluding hydrogens is 338 g/mol. The summed E-state index contributed by atoms with van der Waals surface area (Å²) in [5, 5.41) is 10.4. The smallest absolute Gasteiger partial charge is 0.318 e. The summed E-state index contributed by atoms with van der Waals surface area (Å²) in [7, 11) is 0. The average molecular weight is 361 g/mol. The van der Waals surface area contributed by atoms with Crippen LogP contribution in [0.5, 0.6) is 0 Å². The van der Waals surface area contributed by atoms with Gasteiger partial charge in [-0.1, -0.05) is 60.7 Å². The third-order valence-corrected chi connectivity index (χ3v) is 4.90. The van der Waals surface area contributed by atoms with Crippen LogP contribution >= 0.6 is 0 Å². The third-order valence-electron chi connectivity index (χ3n) is 4.90. The third kappa shape index (κ3) is 4.00. The molecule has 0 radical (unpaired) electrons. The highest BCUT2D eigenvalue weighted by molar-refractivity contribution is 5.74. The van der Waals surface area contributed by atoms with Crippen molar-refractivity contribution in [3.8, 4) is 11.4 Å². The number of hydrogen-bond acceptors (Lipinski definition) is 3. The Labute approximate surface area is 158 Å². The van der Waals surface area contributed by atoms with Gasteiger partial charge in [-0.05, 0) is 24.8 Å². The van der Waals surface area contributed by atoms with E-state index in [2.05, 4.69) is 20.5 Å². The Balaban J connectivity index is 1.47. The summed E-state index contributed by atoms with van der Waals surface area (Å²) in [6, 6.07) is 19.7. The molecule has 0 aliphatic carbocycles. The normalized spacial score (nSPS) is 16.9. The predicted octanol–water partition coefficient (Wildman–Crippen LogP) is 3.91. The molecule has 0 saturated carbocycles. The molecule has 0 bridgehead atoms. The van der Waals surface area contributed by atoms with Crippen LogP contribution in [0, 0.1) is 0 Å². The van der Waals surface area contributed by atoms with Gasteiger partial charge in [0, 0.05) is 18.7 Å². The maximum absolute atomic E-state index is 12.8. The van der Waals surface area contributed by atoms with Gasteiger partial charge in [-0.25, -0.2) is 9.78 Å². The first-order chi connectivity index (χ1) is 13.3. The Bertz CT molecular complexity index is 878. The lowest BCUT2D eigenvalue weighted by molar-refractivity contribution is 0.147. The molecule has 1 atom stereocenters. The van der Waals surface area contributed by atoms with E-state index in [9.17, 15) is 4.79 Å². The standard InChI is InChI=1S/C21H23N5O/c27-21(22-15-16-9-3-1-4-10-16)26-14-8-7-13-18(26)20-23-19(24-25-20)17-11-5-2-6-12-17/h1-6,9-12,18H,7-8,13-15H2,(H,22,27)(H,23,24,25). The van der Waals surface area contributed by atoms with E-state index in [1.54, 1.807) is 0 Å². The van der Waals surface area contributed by atoms with Gasteiger partial charge in [-0.3, -0.25) is 5.10 Å². The lowest BCUT2D eigenvalue weighted by Crippen LogP contribution is -2.44. The van der Waals surface area contributed by atoms with E-state index >= 15 is 0 Å².